The fourth-order valence-corrected chi connectivity index (χ4v) is 3.77. The number of nitrogens with zero attached hydrogens (tertiary/aromatic N) is 5. The van der Waals surface area contributed by atoms with E-state index in [0.717, 1.165) is 5.56 Å². The van der Waals surface area contributed by atoms with Crippen molar-refractivity contribution in [2.45, 2.75) is 19.1 Å². The Hall–Kier alpha value is -4.75. The summed E-state index contributed by atoms with van der Waals surface area (Å²) >= 11 is 0. The first-order chi connectivity index (χ1) is 17.6. The molecule has 3 N–H and O–H groups in total. The third-order valence-corrected chi connectivity index (χ3v) is 5.52. The number of nitriles is 1. The average molecular weight is 484 g/mol. The van der Waals surface area contributed by atoms with Crippen LogP contribution in [0.15, 0.2) is 73.1 Å². The van der Waals surface area contributed by atoms with E-state index < -0.39 is 6.04 Å². The van der Waals surface area contributed by atoms with Crippen LogP contribution in [-0.2, 0) is 13.1 Å². The van der Waals surface area contributed by atoms with Crippen molar-refractivity contribution in [3.8, 4) is 23.2 Å². The largest absolute Gasteiger partial charge is 0.496 e. The summed E-state index contributed by atoms with van der Waals surface area (Å²) in [7, 11) is 1.52. The van der Waals surface area contributed by atoms with E-state index in [1.54, 1.807) is 54.9 Å². The van der Waals surface area contributed by atoms with E-state index in [1.807, 2.05) is 22.8 Å². The summed E-state index contributed by atoms with van der Waals surface area (Å²) in [6.07, 6.45) is 3.35. The van der Waals surface area contributed by atoms with E-state index in [2.05, 4.69) is 31.9 Å². The molecule has 0 saturated carbocycles. The predicted molar refractivity (Wildman–Crippen MR) is 133 cm³/mol. The van der Waals surface area contributed by atoms with E-state index in [0.29, 0.717) is 47.3 Å². The van der Waals surface area contributed by atoms with Crippen molar-refractivity contribution in [1.29, 1.82) is 5.26 Å². The number of aliphatic hydroxyl groups is 1. The Morgan fingerprint density at radius 1 is 1.14 bits per heavy atom. The van der Waals surface area contributed by atoms with Gasteiger partial charge in [-0.3, -0.25) is 9.78 Å². The molecule has 0 bridgehead atoms. The number of aliphatic hydroxyl groups excluding tert-OH is 1. The molecule has 0 aliphatic carbocycles. The van der Waals surface area contributed by atoms with Gasteiger partial charge in [0.15, 0.2) is 11.6 Å². The minimum absolute atomic E-state index is 0.0644. The van der Waals surface area contributed by atoms with Crippen LogP contribution >= 0.6 is 0 Å². The Morgan fingerprint density at radius 3 is 2.69 bits per heavy atom. The Labute approximate surface area is 208 Å². The number of para-hydroxylation sites is 1. The first kappa shape index (κ1) is 24.4. The number of anilines is 1. The molecule has 182 valence electrons. The van der Waals surface area contributed by atoms with Crippen molar-refractivity contribution < 1.29 is 14.6 Å². The van der Waals surface area contributed by atoms with Crippen LogP contribution in [0.2, 0.25) is 0 Å². The number of rotatable bonds is 10. The maximum atomic E-state index is 12.9. The van der Waals surface area contributed by atoms with Crippen LogP contribution in [0.1, 0.15) is 27.8 Å². The average Bonchev–Trinajstić information content (AvgIpc) is 3.33. The van der Waals surface area contributed by atoms with Gasteiger partial charge in [0.05, 0.1) is 26.3 Å². The molecular weight excluding hydrogens is 458 g/mol. The Kier molecular flexibility index (Phi) is 7.85. The molecule has 10 heteroatoms. The quantitative estimate of drug-likeness (QED) is 0.313. The van der Waals surface area contributed by atoms with Gasteiger partial charge >= 0.3 is 0 Å². The Balaban J connectivity index is 1.48. The molecule has 2 aromatic carbocycles. The van der Waals surface area contributed by atoms with Crippen LogP contribution in [0.5, 0.6) is 5.75 Å². The molecule has 1 atom stereocenters. The fourth-order valence-electron chi connectivity index (χ4n) is 3.77. The second-order valence-electron chi connectivity index (χ2n) is 7.76. The van der Waals surface area contributed by atoms with Crippen LogP contribution in [0.4, 0.5) is 5.69 Å². The zero-order valence-corrected chi connectivity index (χ0v) is 19.6. The number of aromatic nitrogens is 4. The molecular formula is C26H25N7O3. The van der Waals surface area contributed by atoms with Crippen LogP contribution in [0, 0.1) is 11.3 Å². The van der Waals surface area contributed by atoms with Crippen molar-refractivity contribution in [3.63, 3.8) is 0 Å². The van der Waals surface area contributed by atoms with Crippen molar-refractivity contribution in [2.24, 2.45) is 0 Å². The zero-order chi connectivity index (χ0) is 25.3. The molecule has 4 aromatic rings. The summed E-state index contributed by atoms with van der Waals surface area (Å²) in [5, 5.41) is 33.7. The number of nitrogens with one attached hydrogen (secondary N) is 2. The molecule has 4 rings (SSSR count). The summed E-state index contributed by atoms with van der Waals surface area (Å²) in [5.74, 6) is 1.40. The molecule has 0 spiro atoms. The van der Waals surface area contributed by atoms with E-state index in [4.69, 9.17) is 4.74 Å². The van der Waals surface area contributed by atoms with Crippen LogP contribution in [0.3, 0.4) is 0 Å². The van der Waals surface area contributed by atoms with Crippen molar-refractivity contribution in [1.82, 2.24) is 25.1 Å². The number of benzene rings is 2. The highest BCUT2D eigenvalue weighted by atomic mass is 16.5. The zero-order valence-electron chi connectivity index (χ0n) is 19.6. The van der Waals surface area contributed by atoms with Gasteiger partial charge < -0.3 is 25.0 Å². The number of carbonyl (C=O) groups excluding carboxylic acids is 1. The number of amides is 1. The third-order valence-electron chi connectivity index (χ3n) is 5.52. The standard InChI is InChI=1S/C26H25N7O3/c1-36-23-8-3-2-7-21(23)22(16-27)30-26(35)19-5-4-6-20(15-19)29-17-24-31-32-25(33(24)13-14-34)18-9-11-28-12-10-18/h2-12,15,22,29,34H,13-14,17H2,1H3,(H,30,35)/t22-/m1/s1. The molecule has 0 radical (unpaired) electrons. The number of carbonyl (C=O) groups is 1. The highest BCUT2D eigenvalue weighted by molar-refractivity contribution is 5.95. The maximum absolute atomic E-state index is 12.9. The maximum Gasteiger partial charge on any atom is 0.252 e. The van der Waals surface area contributed by atoms with E-state index in [9.17, 15) is 15.2 Å². The van der Waals surface area contributed by atoms with Gasteiger partial charge in [0.2, 0.25) is 0 Å². The lowest BCUT2D eigenvalue weighted by atomic mass is 10.1. The number of hydrogen-bond acceptors (Lipinski definition) is 8. The summed E-state index contributed by atoms with van der Waals surface area (Å²) in [5.41, 5.74) is 2.51. The number of methoxy groups -OCH3 is 1. The molecule has 0 aliphatic rings. The molecule has 36 heavy (non-hydrogen) atoms. The molecule has 2 aromatic heterocycles. The lowest BCUT2D eigenvalue weighted by Gasteiger charge is -2.15. The van der Waals surface area contributed by atoms with Gasteiger partial charge in [-0.25, -0.2) is 0 Å². The summed E-state index contributed by atoms with van der Waals surface area (Å²) < 4.78 is 7.16. The molecule has 2 heterocycles. The van der Waals surface area contributed by atoms with Crippen molar-refractivity contribution >= 4 is 11.6 Å². The normalized spacial score (nSPS) is 11.4. The monoisotopic (exact) mass is 483 g/mol. The van der Waals surface area contributed by atoms with E-state index in [-0.39, 0.29) is 12.5 Å². The van der Waals surface area contributed by atoms with Gasteiger partial charge in [0.1, 0.15) is 11.8 Å². The van der Waals surface area contributed by atoms with Gasteiger partial charge in [-0.1, -0.05) is 24.3 Å². The molecule has 1 amide bonds. The van der Waals surface area contributed by atoms with Crippen LogP contribution in [0.25, 0.3) is 11.4 Å². The first-order valence-electron chi connectivity index (χ1n) is 11.2. The second-order valence-corrected chi connectivity index (χ2v) is 7.76. The van der Waals surface area contributed by atoms with Gasteiger partial charge in [-0.05, 0) is 36.4 Å². The molecule has 0 aliphatic heterocycles. The van der Waals surface area contributed by atoms with Crippen LogP contribution < -0.4 is 15.4 Å². The second kappa shape index (κ2) is 11.6. The summed E-state index contributed by atoms with van der Waals surface area (Å²) in [6.45, 7) is 0.596. The number of hydrogen-bond donors (Lipinski definition) is 3. The highest BCUT2D eigenvalue weighted by Crippen LogP contribution is 2.25. The minimum atomic E-state index is -0.867. The molecule has 10 nitrogen and oxygen atoms in total. The number of pyridine rings is 1. The summed E-state index contributed by atoms with van der Waals surface area (Å²) in [6, 6.07) is 18.9. The van der Waals surface area contributed by atoms with Gasteiger partial charge in [0, 0.05) is 41.3 Å². The Morgan fingerprint density at radius 2 is 1.94 bits per heavy atom. The van der Waals surface area contributed by atoms with Crippen molar-refractivity contribution in [3.05, 3.63) is 90.0 Å². The number of ether oxygens (including phenoxy) is 1. The highest BCUT2D eigenvalue weighted by Gasteiger charge is 2.19. The lowest BCUT2D eigenvalue weighted by Crippen LogP contribution is -2.28. The van der Waals surface area contributed by atoms with Gasteiger partial charge in [0.25, 0.3) is 5.91 Å². The minimum Gasteiger partial charge on any atom is -0.496 e. The lowest BCUT2D eigenvalue weighted by molar-refractivity contribution is 0.0945. The predicted octanol–water partition coefficient (Wildman–Crippen LogP) is 2.95. The topological polar surface area (TPSA) is 138 Å². The molecule has 0 unspecified atom stereocenters. The van der Waals surface area contributed by atoms with E-state index >= 15 is 0 Å². The van der Waals surface area contributed by atoms with E-state index in [1.165, 1.54) is 7.11 Å². The Bertz CT molecular complexity index is 1370. The summed E-state index contributed by atoms with van der Waals surface area (Å²) in [4.78, 5) is 16.9. The first-order valence-corrected chi connectivity index (χ1v) is 11.2. The molecule has 0 fully saturated rings. The SMILES string of the molecule is COc1ccccc1[C@@H](C#N)NC(=O)c1cccc(NCc2nnc(-c3ccncc3)n2CCO)c1. The fraction of sp³-hybridized carbons (Fsp3) is 0.192. The smallest absolute Gasteiger partial charge is 0.252 e. The third kappa shape index (κ3) is 5.48. The van der Waals surface area contributed by atoms with Crippen LogP contribution in [-0.4, -0.2) is 44.5 Å². The molecule has 0 saturated heterocycles. The van der Waals surface area contributed by atoms with Gasteiger partial charge in [-0.15, -0.1) is 10.2 Å². The van der Waals surface area contributed by atoms with Crippen molar-refractivity contribution in [2.75, 3.05) is 19.0 Å². The van der Waals surface area contributed by atoms with Gasteiger partial charge in [-0.2, -0.15) is 5.26 Å².